The average molecular weight is 207 g/mol. The lowest BCUT2D eigenvalue weighted by Crippen LogP contribution is -2.38. The maximum Gasteiger partial charge on any atom is 0.212 e. The lowest BCUT2D eigenvalue weighted by atomic mass is 10.3. The quantitative estimate of drug-likeness (QED) is 0.648. The van der Waals surface area contributed by atoms with E-state index in [1.165, 1.54) is 0 Å². The maximum absolute atomic E-state index is 11.4. The summed E-state index contributed by atoms with van der Waals surface area (Å²) in [6.45, 7) is 1.72. The molecule has 1 atom stereocenters. The molecule has 0 saturated heterocycles. The molecular weight excluding hydrogens is 190 g/mol. The van der Waals surface area contributed by atoms with Crippen molar-refractivity contribution >= 4 is 10.0 Å². The molecule has 0 aliphatic heterocycles. The van der Waals surface area contributed by atoms with Crippen molar-refractivity contribution in [2.75, 3.05) is 12.4 Å². The van der Waals surface area contributed by atoms with Gasteiger partial charge < -0.3 is 5.11 Å². The molecule has 2 N–H and O–H groups in total. The minimum Gasteiger partial charge on any atom is -0.395 e. The molecule has 1 unspecified atom stereocenters. The summed E-state index contributed by atoms with van der Waals surface area (Å²) in [5, 5.41) is 8.81. The molecular formula is C8H17NO3S. The van der Waals surface area contributed by atoms with E-state index in [0.29, 0.717) is 12.3 Å². The normalized spacial score (nSPS) is 20.2. The first-order valence-electron chi connectivity index (χ1n) is 4.68. The van der Waals surface area contributed by atoms with Gasteiger partial charge in [0.25, 0.3) is 0 Å². The van der Waals surface area contributed by atoms with Crippen LogP contribution in [-0.4, -0.2) is 31.9 Å². The molecule has 1 aliphatic carbocycles. The van der Waals surface area contributed by atoms with Crippen LogP contribution in [0.4, 0.5) is 0 Å². The molecule has 1 fully saturated rings. The Hall–Kier alpha value is -0.130. The highest BCUT2D eigenvalue weighted by molar-refractivity contribution is 7.89. The SMILES string of the molecule is CCC(CO)NS(=O)(=O)CC1CC1. The first kappa shape index (κ1) is 10.9. The third-order valence-corrected chi connectivity index (χ3v) is 3.81. The standard InChI is InChI=1S/C8H17NO3S/c1-2-8(5-10)9-13(11,12)6-7-3-4-7/h7-10H,2-6H2,1H3. The zero-order valence-corrected chi connectivity index (χ0v) is 8.68. The molecule has 1 aliphatic rings. The monoisotopic (exact) mass is 207 g/mol. The molecule has 4 nitrogen and oxygen atoms in total. The van der Waals surface area contributed by atoms with Gasteiger partial charge in [-0.2, -0.15) is 0 Å². The van der Waals surface area contributed by atoms with Crippen LogP contribution in [0.25, 0.3) is 0 Å². The second kappa shape index (κ2) is 4.39. The average Bonchev–Trinajstić information content (AvgIpc) is 2.83. The first-order valence-corrected chi connectivity index (χ1v) is 6.33. The summed E-state index contributed by atoms with van der Waals surface area (Å²) in [6.07, 6.45) is 2.67. The van der Waals surface area contributed by atoms with Gasteiger partial charge in [-0.1, -0.05) is 6.92 Å². The molecule has 0 bridgehead atoms. The molecule has 5 heteroatoms. The number of aliphatic hydroxyl groups is 1. The van der Waals surface area contributed by atoms with E-state index in [1.54, 1.807) is 0 Å². The van der Waals surface area contributed by atoms with Crippen molar-refractivity contribution < 1.29 is 13.5 Å². The van der Waals surface area contributed by atoms with Gasteiger partial charge in [0, 0.05) is 6.04 Å². The van der Waals surface area contributed by atoms with Crippen molar-refractivity contribution in [2.45, 2.75) is 32.2 Å². The van der Waals surface area contributed by atoms with E-state index in [9.17, 15) is 8.42 Å². The predicted octanol–water partition coefficient (Wildman–Crippen LogP) is 0.0867. The van der Waals surface area contributed by atoms with Crippen LogP contribution in [0.1, 0.15) is 26.2 Å². The van der Waals surface area contributed by atoms with E-state index in [0.717, 1.165) is 12.8 Å². The highest BCUT2D eigenvalue weighted by Crippen LogP contribution is 2.29. The molecule has 0 aromatic carbocycles. The Kier molecular flexibility index (Phi) is 3.70. The molecule has 0 radical (unpaired) electrons. The fourth-order valence-corrected chi connectivity index (χ4v) is 2.95. The molecule has 0 spiro atoms. The molecule has 0 heterocycles. The molecule has 1 rings (SSSR count). The summed E-state index contributed by atoms with van der Waals surface area (Å²) in [6, 6.07) is -0.316. The van der Waals surface area contributed by atoms with Gasteiger partial charge in [0.15, 0.2) is 0 Å². The Labute approximate surface area is 79.4 Å². The summed E-state index contributed by atoms with van der Waals surface area (Å²) < 4.78 is 25.3. The largest absolute Gasteiger partial charge is 0.395 e. The number of rotatable bonds is 6. The van der Waals surface area contributed by atoms with E-state index < -0.39 is 10.0 Å². The van der Waals surface area contributed by atoms with Gasteiger partial charge in [-0.15, -0.1) is 0 Å². The summed E-state index contributed by atoms with van der Waals surface area (Å²) in [5.74, 6) is 0.581. The lowest BCUT2D eigenvalue weighted by molar-refractivity contribution is 0.253. The van der Waals surface area contributed by atoms with Crippen LogP contribution < -0.4 is 4.72 Å². The highest BCUT2D eigenvalue weighted by atomic mass is 32.2. The number of hydrogen-bond acceptors (Lipinski definition) is 3. The van der Waals surface area contributed by atoms with E-state index in [-0.39, 0.29) is 18.4 Å². The molecule has 1 saturated carbocycles. The van der Waals surface area contributed by atoms with Gasteiger partial charge in [-0.25, -0.2) is 13.1 Å². The summed E-state index contributed by atoms with van der Waals surface area (Å²) in [5.41, 5.74) is 0. The third-order valence-electron chi connectivity index (χ3n) is 2.21. The van der Waals surface area contributed by atoms with Crippen molar-refractivity contribution in [2.24, 2.45) is 5.92 Å². The Morgan fingerprint density at radius 3 is 2.54 bits per heavy atom. The van der Waals surface area contributed by atoms with Gasteiger partial charge >= 0.3 is 0 Å². The van der Waals surface area contributed by atoms with Crippen molar-refractivity contribution in [3.63, 3.8) is 0 Å². The Morgan fingerprint density at radius 1 is 1.54 bits per heavy atom. The minimum atomic E-state index is -3.15. The number of nitrogens with one attached hydrogen (secondary N) is 1. The second-order valence-corrected chi connectivity index (χ2v) is 5.43. The summed E-state index contributed by atoms with van der Waals surface area (Å²) in [7, 11) is -3.15. The van der Waals surface area contributed by atoms with Crippen molar-refractivity contribution in [1.29, 1.82) is 0 Å². The van der Waals surface area contributed by atoms with Gasteiger partial charge in [-0.05, 0) is 25.2 Å². The van der Waals surface area contributed by atoms with Gasteiger partial charge in [0.1, 0.15) is 0 Å². The van der Waals surface area contributed by atoms with Gasteiger partial charge in [-0.3, -0.25) is 0 Å². The minimum absolute atomic E-state index is 0.125. The third kappa shape index (κ3) is 4.06. The Balaban J connectivity index is 2.39. The predicted molar refractivity (Wildman–Crippen MR) is 50.8 cm³/mol. The fourth-order valence-electron chi connectivity index (χ4n) is 1.15. The zero-order valence-electron chi connectivity index (χ0n) is 7.86. The van der Waals surface area contributed by atoms with Crippen LogP contribution in [0, 0.1) is 5.92 Å². The lowest BCUT2D eigenvalue weighted by Gasteiger charge is -2.13. The number of aliphatic hydroxyl groups excluding tert-OH is 1. The van der Waals surface area contributed by atoms with Crippen LogP contribution >= 0.6 is 0 Å². The second-order valence-electron chi connectivity index (χ2n) is 3.63. The van der Waals surface area contributed by atoms with Crippen molar-refractivity contribution in [3.05, 3.63) is 0 Å². The number of sulfonamides is 1. The van der Waals surface area contributed by atoms with Crippen LogP contribution in [0.5, 0.6) is 0 Å². The van der Waals surface area contributed by atoms with E-state index >= 15 is 0 Å². The highest BCUT2D eigenvalue weighted by Gasteiger charge is 2.28. The van der Waals surface area contributed by atoms with Crippen LogP contribution in [-0.2, 0) is 10.0 Å². The van der Waals surface area contributed by atoms with E-state index in [4.69, 9.17) is 5.11 Å². The molecule has 13 heavy (non-hydrogen) atoms. The molecule has 0 aromatic rings. The summed E-state index contributed by atoms with van der Waals surface area (Å²) >= 11 is 0. The first-order chi connectivity index (χ1) is 6.07. The van der Waals surface area contributed by atoms with Gasteiger partial charge in [0.05, 0.1) is 12.4 Å². The van der Waals surface area contributed by atoms with Crippen LogP contribution in [0.15, 0.2) is 0 Å². The maximum atomic E-state index is 11.4. The zero-order chi connectivity index (χ0) is 9.90. The van der Waals surface area contributed by atoms with Crippen molar-refractivity contribution in [1.82, 2.24) is 4.72 Å². The number of hydrogen-bond donors (Lipinski definition) is 2. The molecule has 0 amide bonds. The fraction of sp³-hybridized carbons (Fsp3) is 1.00. The van der Waals surface area contributed by atoms with E-state index in [1.807, 2.05) is 6.92 Å². The summed E-state index contributed by atoms with van der Waals surface area (Å²) in [4.78, 5) is 0. The Bertz CT molecular complexity index is 242. The van der Waals surface area contributed by atoms with Gasteiger partial charge in [0.2, 0.25) is 10.0 Å². The smallest absolute Gasteiger partial charge is 0.212 e. The van der Waals surface area contributed by atoms with E-state index in [2.05, 4.69) is 4.72 Å². The molecule has 78 valence electrons. The Morgan fingerprint density at radius 2 is 2.15 bits per heavy atom. The van der Waals surface area contributed by atoms with Crippen LogP contribution in [0.2, 0.25) is 0 Å². The molecule has 0 aromatic heterocycles. The topological polar surface area (TPSA) is 66.4 Å². The van der Waals surface area contributed by atoms with Crippen molar-refractivity contribution in [3.8, 4) is 0 Å². The van der Waals surface area contributed by atoms with Crippen LogP contribution in [0.3, 0.4) is 0 Å².